The van der Waals surface area contributed by atoms with Gasteiger partial charge in [0.05, 0.1) is 12.2 Å². The highest BCUT2D eigenvalue weighted by Crippen LogP contribution is 2.40. The van der Waals surface area contributed by atoms with Gasteiger partial charge in [-0.05, 0) is 47.5 Å². The van der Waals surface area contributed by atoms with Crippen molar-refractivity contribution in [3.63, 3.8) is 0 Å². The van der Waals surface area contributed by atoms with Crippen LogP contribution in [0.3, 0.4) is 0 Å². The van der Waals surface area contributed by atoms with Crippen molar-refractivity contribution in [3.05, 3.63) is 53.1 Å². The van der Waals surface area contributed by atoms with Crippen LogP contribution in [0.2, 0.25) is 0 Å². The van der Waals surface area contributed by atoms with E-state index < -0.39 is 5.97 Å². The van der Waals surface area contributed by atoms with Crippen molar-refractivity contribution >= 4 is 18.3 Å². The molecule has 0 heterocycles. The number of benzene rings is 1. The molecule has 0 fully saturated rings. The summed E-state index contributed by atoms with van der Waals surface area (Å²) >= 11 is 0. The molecule has 1 aromatic carbocycles. The average Bonchev–Trinajstić information content (AvgIpc) is 2.51. The van der Waals surface area contributed by atoms with E-state index in [9.17, 15) is 9.59 Å². The third kappa shape index (κ3) is 6.33. The molecule has 0 aromatic heterocycles. The minimum absolute atomic E-state index is 0.189. The first-order valence-electron chi connectivity index (χ1n) is 8.70. The van der Waals surface area contributed by atoms with Crippen LogP contribution in [0.1, 0.15) is 52.7 Å². The first-order valence-corrected chi connectivity index (χ1v) is 8.70. The monoisotopic (exact) mass is 342 g/mol. The zero-order chi connectivity index (χ0) is 19.1. The molecule has 1 rings (SSSR count). The van der Waals surface area contributed by atoms with Crippen LogP contribution in [0.15, 0.2) is 42.0 Å². The molecular weight excluding hydrogens is 312 g/mol. The van der Waals surface area contributed by atoms with Crippen LogP contribution in [0, 0.1) is 10.8 Å². The summed E-state index contributed by atoms with van der Waals surface area (Å²) < 4.78 is 4.93. The van der Waals surface area contributed by atoms with E-state index >= 15 is 0 Å². The fourth-order valence-electron chi connectivity index (χ4n) is 2.19. The summed E-state index contributed by atoms with van der Waals surface area (Å²) in [4.78, 5) is 22.4. The largest absolute Gasteiger partial charge is 0.462 e. The van der Waals surface area contributed by atoms with E-state index in [-0.39, 0.29) is 23.0 Å². The van der Waals surface area contributed by atoms with Crippen LogP contribution in [0.4, 0.5) is 0 Å². The summed E-state index contributed by atoms with van der Waals surface area (Å²) in [5.41, 5.74) is 2.91. The molecule has 0 spiro atoms. The number of aldehydes is 1. The molecule has 0 unspecified atom stereocenters. The van der Waals surface area contributed by atoms with Gasteiger partial charge in [0.25, 0.3) is 0 Å². The van der Waals surface area contributed by atoms with E-state index in [1.165, 1.54) is 11.6 Å². The van der Waals surface area contributed by atoms with Gasteiger partial charge < -0.3 is 4.74 Å². The highest BCUT2D eigenvalue weighted by molar-refractivity contribution is 5.96. The van der Waals surface area contributed by atoms with Gasteiger partial charge in [0, 0.05) is 0 Å². The molecule has 0 amide bonds. The minimum atomic E-state index is -0.491. The molecule has 0 aliphatic heterocycles. The Morgan fingerprint density at radius 2 is 1.68 bits per heavy atom. The van der Waals surface area contributed by atoms with Crippen molar-refractivity contribution < 1.29 is 14.3 Å². The molecule has 0 atom stereocenters. The SMILES string of the molecule is CCOC(=O)C(=C\C=O)/C=C/c1ccc(CC(C)(C)C(C)(C)C)cc1. The fourth-order valence-corrected chi connectivity index (χ4v) is 2.19. The molecular formula is C22H30O3. The molecule has 136 valence electrons. The van der Waals surface area contributed by atoms with Crippen molar-refractivity contribution in [2.24, 2.45) is 10.8 Å². The van der Waals surface area contributed by atoms with Gasteiger partial charge in [-0.2, -0.15) is 0 Å². The second-order valence-electron chi connectivity index (χ2n) is 7.86. The number of esters is 1. The third-order valence-corrected chi connectivity index (χ3v) is 4.87. The average molecular weight is 342 g/mol. The lowest BCUT2D eigenvalue weighted by atomic mass is 9.66. The molecule has 25 heavy (non-hydrogen) atoms. The Balaban J connectivity index is 2.87. The standard InChI is InChI=1S/C22H30O3/c1-7-25-20(24)19(14-15-23)13-12-17-8-10-18(11-9-17)16-22(5,6)21(2,3)4/h8-15H,7,16H2,1-6H3/b13-12+,19-14-. The smallest absolute Gasteiger partial charge is 0.338 e. The van der Waals surface area contributed by atoms with E-state index in [2.05, 4.69) is 46.8 Å². The van der Waals surface area contributed by atoms with Crippen molar-refractivity contribution in [2.75, 3.05) is 6.61 Å². The molecule has 0 N–H and O–H groups in total. The van der Waals surface area contributed by atoms with Crippen LogP contribution in [0.25, 0.3) is 6.08 Å². The number of ether oxygens (including phenoxy) is 1. The van der Waals surface area contributed by atoms with Crippen LogP contribution in [-0.2, 0) is 20.7 Å². The first-order chi connectivity index (χ1) is 11.6. The summed E-state index contributed by atoms with van der Waals surface area (Å²) in [5, 5.41) is 0. The Bertz CT molecular complexity index is 641. The summed E-state index contributed by atoms with van der Waals surface area (Å²) in [6.45, 7) is 13.4. The molecule has 0 saturated heterocycles. The van der Waals surface area contributed by atoms with Gasteiger partial charge in [-0.1, -0.05) is 65.0 Å². The van der Waals surface area contributed by atoms with Crippen LogP contribution >= 0.6 is 0 Å². The zero-order valence-corrected chi connectivity index (χ0v) is 16.3. The summed E-state index contributed by atoms with van der Waals surface area (Å²) in [5.74, 6) is -0.491. The molecule has 0 saturated carbocycles. The molecule has 0 bridgehead atoms. The number of hydrogen-bond donors (Lipinski definition) is 0. The van der Waals surface area contributed by atoms with Gasteiger partial charge in [-0.25, -0.2) is 4.79 Å². The first kappa shape index (κ1) is 20.9. The Labute approximate surface area is 151 Å². The van der Waals surface area contributed by atoms with E-state index in [0.29, 0.717) is 6.29 Å². The van der Waals surface area contributed by atoms with E-state index in [4.69, 9.17) is 4.74 Å². The zero-order valence-electron chi connectivity index (χ0n) is 16.3. The molecule has 1 aromatic rings. The topological polar surface area (TPSA) is 43.4 Å². The maximum atomic E-state index is 11.8. The molecule has 3 heteroatoms. The molecule has 0 aliphatic rings. The van der Waals surface area contributed by atoms with Crippen LogP contribution in [-0.4, -0.2) is 18.9 Å². The van der Waals surface area contributed by atoms with Gasteiger partial charge in [0.1, 0.15) is 6.29 Å². The number of carbonyl (C=O) groups excluding carboxylic acids is 2. The summed E-state index contributed by atoms with van der Waals surface area (Å²) in [6.07, 6.45) is 6.23. The molecule has 0 aliphatic carbocycles. The lowest BCUT2D eigenvalue weighted by molar-refractivity contribution is -0.138. The number of hydrogen-bond acceptors (Lipinski definition) is 3. The maximum Gasteiger partial charge on any atom is 0.338 e. The normalized spacial score (nSPS) is 13.1. The Morgan fingerprint density at radius 1 is 1.08 bits per heavy atom. The van der Waals surface area contributed by atoms with Crippen molar-refractivity contribution in [1.29, 1.82) is 0 Å². The number of rotatable bonds is 7. The lowest BCUT2D eigenvalue weighted by Crippen LogP contribution is -2.31. The minimum Gasteiger partial charge on any atom is -0.462 e. The quantitative estimate of drug-likeness (QED) is 0.303. The highest BCUT2D eigenvalue weighted by atomic mass is 16.5. The number of carbonyl (C=O) groups is 2. The van der Waals surface area contributed by atoms with E-state index in [1.807, 2.05) is 18.2 Å². The van der Waals surface area contributed by atoms with Crippen molar-refractivity contribution in [3.8, 4) is 0 Å². The van der Waals surface area contributed by atoms with E-state index in [0.717, 1.165) is 12.0 Å². The van der Waals surface area contributed by atoms with Crippen molar-refractivity contribution in [1.82, 2.24) is 0 Å². The second kappa shape index (κ2) is 8.80. The molecule has 0 radical (unpaired) electrons. The van der Waals surface area contributed by atoms with Gasteiger partial charge in [0.2, 0.25) is 0 Å². The highest BCUT2D eigenvalue weighted by Gasteiger charge is 2.32. The van der Waals surface area contributed by atoms with Gasteiger partial charge in [-0.15, -0.1) is 0 Å². The van der Waals surface area contributed by atoms with E-state index in [1.54, 1.807) is 13.0 Å². The fraction of sp³-hybridized carbons (Fsp3) is 0.455. The summed E-state index contributed by atoms with van der Waals surface area (Å²) in [6, 6.07) is 8.27. The third-order valence-electron chi connectivity index (χ3n) is 4.87. The van der Waals surface area contributed by atoms with Gasteiger partial charge in [-0.3, -0.25) is 4.79 Å². The lowest BCUT2D eigenvalue weighted by Gasteiger charge is -2.39. The Morgan fingerprint density at radius 3 is 2.16 bits per heavy atom. The van der Waals surface area contributed by atoms with Crippen LogP contribution in [0.5, 0.6) is 0 Å². The Kier molecular flexibility index (Phi) is 7.35. The predicted molar refractivity (Wildman–Crippen MR) is 103 cm³/mol. The Hall–Kier alpha value is -2.16. The predicted octanol–water partition coefficient (Wildman–Crippen LogP) is 5.00. The maximum absolute atomic E-state index is 11.8. The van der Waals surface area contributed by atoms with Gasteiger partial charge in [0.15, 0.2) is 0 Å². The molecule has 3 nitrogen and oxygen atoms in total. The second-order valence-corrected chi connectivity index (χ2v) is 7.86. The number of allylic oxidation sites excluding steroid dienone is 1. The van der Waals surface area contributed by atoms with Gasteiger partial charge >= 0.3 is 5.97 Å². The summed E-state index contributed by atoms with van der Waals surface area (Å²) in [7, 11) is 0. The van der Waals surface area contributed by atoms with Crippen molar-refractivity contribution in [2.45, 2.75) is 48.0 Å². The van der Waals surface area contributed by atoms with Crippen LogP contribution < -0.4 is 0 Å².